The number of hydrogen-bond acceptors (Lipinski definition) is 7. The third kappa shape index (κ3) is 3.95. The van der Waals surface area contributed by atoms with E-state index in [1.54, 1.807) is 23.7 Å². The van der Waals surface area contributed by atoms with Gasteiger partial charge in [0.15, 0.2) is 5.82 Å². The monoisotopic (exact) mass is 410 g/mol. The molecule has 1 aliphatic rings. The highest BCUT2D eigenvalue weighted by molar-refractivity contribution is 7.18. The van der Waals surface area contributed by atoms with Gasteiger partial charge in [0.2, 0.25) is 5.91 Å². The van der Waals surface area contributed by atoms with Gasteiger partial charge in [0, 0.05) is 56.1 Å². The Kier molecular flexibility index (Phi) is 5.47. The van der Waals surface area contributed by atoms with Crippen LogP contribution in [0.4, 0.5) is 5.82 Å². The Hall–Kier alpha value is -2.58. The number of aromatic nitrogens is 3. The maximum Gasteiger partial charge on any atom is 0.242 e. The Balaban J connectivity index is 1.68. The number of amides is 1. The highest BCUT2D eigenvalue weighted by Gasteiger charge is 2.23. The second-order valence-corrected chi connectivity index (χ2v) is 8.82. The van der Waals surface area contributed by atoms with Gasteiger partial charge in [-0.25, -0.2) is 9.97 Å². The number of thiophene rings is 1. The van der Waals surface area contributed by atoms with Crippen LogP contribution in [0.2, 0.25) is 0 Å². The van der Waals surface area contributed by atoms with E-state index in [1.807, 2.05) is 29.0 Å². The minimum Gasteiger partial charge on any atom is -0.350 e. The van der Waals surface area contributed by atoms with E-state index in [0.29, 0.717) is 12.4 Å². The summed E-state index contributed by atoms with van der Waals surface area (Å²) in [6.07, 6.45) is 3.51. The standard InChI is InChI=1S/C21H26N6OS/c1-14-15(2)29-21-18(14)20(23-19(24-21)16-6-5-7-22-12-16)26(4)13-17(28)27-10-8-25(3)9-11-27/h5-7,12H,8-11,13H2,1-4H3. The van der Waals surface area contributed by atoms with Gasteiger partial charge in [-0.15, -0.1) is 11.3 Å². The van der Waals surface area contributed by atoms with Crippen molar-refractivity contribution in [3.63, 3.8) is 0 Å². The lowest BCUT2D eigenvalue weighted by Crippen LogP contribution is -2.49. The molecule has 0 bridgehead atoms. The molecule has 7 nitrogen and oxygen atoms in total. The average molecular weight is 411 g/mol. The maximum absolute atomic E-state index is 12.9. The summed E-state index contributed by atoms with van der Waals surface area (Å²) in [4.78, 5) is 35.1. The highest BCUT2D eigenvalue weighted by atomic mass is 32.1. The van der Waals surface area contributed by atoms with Gasteiger partial charge in [-0.2, -0.15) is 0 Å². The van der Waals surface area contributed by atoms with Crippen LogP contribution < -0.4 is 4.90 Å². The molecule has 152 valence electrons. The van der Waals surface area contributed by atoms with E-state index in [4.69, 9.17) is 9.97 Å². The average Bonchev–Trinajstić information content (AvgIpc) is 3.02. The van der Waals surface area contributed by atoms with Gasteiger partial charge in [-0.05, 0) is 38.6 Å². The summed E-state index contributed by atoms with van der Waals surface area (Å²) in [5, 5.41) is 1.04. The Morgan fingerprint density at radius 1 is 1.21 bits per heavy atom. The summed E-state index contributed by atoms with van der Waals surface area (Å²) >= 11 is 1.67. The first kappa shape index (κ1) is 19.7. The predicted octanol–water partition coefficient (Wildman–Crippen LogP) is 2.58. The Morgan fingerprint density at radius 3 is 2.66 bits per heavy atom. The van der Waals surface area contributed by atoms with Crippen LogP contribution in [0.15, 0.2) is 24.5 Å². The van der Waals surface area contributed by atoms with Crippen molar-refractivity contribution >= 4 is 33.3 Å². The zero-order valence-corrected chi connectivity index (χ0v) is 18.2. The second kappa shape index (κ2) is 8.04. The van der Waals surface area contributed by atoms with E-state index in [-0.39, 0.29) is 5.91 Å². The molecule has 0 aromatic carbocycles. The van der Waals surface area contributed by atoms with Crippen LogP contribution in [0.3, 0.4) is 0 Å². The SMILES string of the molecule is Cc1sc2nc(-c3cccnc3)nc(N(C)CC(=O)N3CCN(C)CC3)c2c1C. The first-order valence-electron chi connectivity index (χ1n) is 9.79. The number of rotatable bonds is 4. The molecule has 0 N–H and O–H groups in total. The molecule has 0 atom stereocenters. The normalized spacial score (nSPS) is 15.1. The maximum atomic E-state index is 12.9. The largest absolute Gasteiger partial charge is 0.350 e. The summed E-state index contributed by atoms with van der Waals surface area (Å²) in [5.74, 6) is 1.58. The highest BCUT2D eigenvalue weighted by Crippen LogP contribution is 2.36. The molecule has 0 radical (unpaired) electrons. The van der Waals surface area contributed by atoms with E-state index in [0.717, 1.165) is 47.8 Å². The van der Waals surface area contributed by atoms with Crippen molar-refractivity contribution in [2.75, 3.05) is 51.7 Å². The topological polar surface area (TPSA) is 65.5 Å². The minimum absolute atomic E-state index is 0.139. The Bertz CT molecular complexity index is 1030. The predicted molar refractivity (Wildman–Crippen MR) is 117 cm³/mol. The number of fused-ring (bicyclic) bond motifs is 1. The Labute approximate surface area is 175 Å². The number of anilines is 1. The molecule has 0 spiro atoms. The number of piperazine rings is 1. The quantitative estimate of drug-likeness (QED) is 0.659. The molecule has 0 saturated carbocycles. The van der Waals surface area contributed by atoms with Gasteiger partial charge < -0.3 is 14.7 Å². The molecule has 29 heavy (non-hydrogen) atoms. The lowest BCUT2D eigenvalue weighted by atomic mass is 10.2. The first-order chi connectivity index (χ1) is 13.9. The minimum atomic E-state index is 0.139. The summed E-state index contributed by atoms with van der Waals surface area (Å²) in [7, 11) is 4.03. The molecule has 4 rings (SSSR count). The van der Waals surface area contributed by atoms with E-state index in [9.17, 15) is 4.79 Å². The molecule has 1 fully saturated rings. The second-order valence-electron chi connectivity index (χ2n) is 7.62. The number of likely N-dealkylation sites (N-methyl/N-ethyl adjacent to an activating group) is 2. The summed E-state index contributed by atoms with van der Waals surface area (Å²) in [5.41, 5.74) is 2.05. The van der Waals surface area contributed by atoms with Gasteiger partial charge >= 0.3 is 0 Å². The molecule has 0 aliphatic carbocycles. The molecule has 1 saturated heterocycles. The van der Waals surface area contributed by atoms with Crippen LogP contribution in [0.5, 0.6) is 0 Å². The number of pyridine rings is 1. The fourth-order valence-electron chi connectivity index (χ4n) is 3.56. The van der Waals surface area contributed by atoms with Gasteiger partial charge in [-0.1, -0.05) is 0 Å². The van der Waals surface area contributed by atoms with Crippen molar-refractivity contribution in [3.05, 3.63) is 35.0 Å². The smallest absolute Gasteiger partial charge is 0.242 e. The molecule has 0 unspecified atom stereocenters. The number of carbonyl (C=O) groups excluding carboxylic acids is 1. The van der Waals surface area contributed by atoms with E-state index < -0.39 is 0 Å². The van der Waals surface area contributed by atoms with E-state index >= 15 is 0 Å². The lowest BCUT2D eigenvalue weighted by Gasteiger charge is -2.33. The van der Waals surface area contributed by atoms with Crippen LogP contribution in [0, 0.1) is 13.8 Å². The fraction of sp³-hybridized carbons (Fsp3) is 0.429. The molecule has 1 amide bonds. The third-order valence-electron chi connectivity index (χ3n) is 5.52. The third-order valence-corrected chi connectivity index (χ3v) is 6.62. The van der Waals surface area contributed by atoms with Crippen molar-refractivity contribution in [3.8, 4) is 11.4 Å². The van der Waals surface area contributed by atoms with Crippen molar-refractivity contribution in [1.82, 2.24) is 24.8 Å². The first-order valence-corrected chi connectivity index (χ1v) is 10.6. The molecular formula is C21H26N6OS. The number of nitrogens with zero attached hydrogens (tertiary/aromatic N) is 6. The van der Waals surface area contributed by atoms with Crippen LogP contribution in [-0.2, 0) is 4.79 Å². The van der Waals surface area contributed by atoms with Crippen molar-refractivity contribution in [2.45, 2.75) is 13.8 Å². The van der Waals surface area contributed by atoms with Gasteiger partial charge in [0.25, 0.3) is 0 Å². The van der Waals surface area contributed by atoms with Crippen molar-refractivity contribution in [1.29, 1.82) is 0 Å². The van der Waals surface area contributed by atoms with Gasteiger partial charge in [-0.3, -0.25) is 9.78 Å². The van der Waals surface area contributed by atoms with Crippen LogP contribution >= 0.6 is 11.3 Å². The summed E-state index contributed by atoms with van der Waals surface area (Å²) in [6.45, 7) is 7.89. The number of carbonyl (C=O) groups is 1. The van der Waals surface area contributed by atoms with E-state index in [1.165, 1.54) is 10.4 Å². The number of hydrogen-bond donors (Lipinski definition) is 0. The van der Waals surface area contributed by atoms with Crippen molar-refractivity contribution < 1.29 is 4.79 Å². The van der Waals surface area contributed by atoms with E-state index in [2.05, 4.69) is 30.8 Å². The molecule has 3 aromatic heterocycles. The lowest BCUT2D eigenvalue weighted by molar-refractivity contribution is -0.131. The van der Waals surface area contributed by atoms with Crippen LogP contribution in [0.1, 0.15) is 10.4 Å². The molecule has 1 aliphatic heterocycles. The molecule has 8 heteroatoms. The number of aryl methyl sites for hydroxylation is 2. The zero-order valence-electron chi connectivity index (χ0n) is 17.3. The van der Waals surface area contributed by atoms with Crippen LogP contribution in [-0.4, -0.2) is 77.5 Å². The zero-order chi connectivity index (χ0) is 20.5. The van der Waals surface area contributed by atoms with Crippen molar-refractivity contribution in [2.24, 2.45) is 0 Å². The molecular weight excluding hydrogens is 384 g/mol. The molecule has 4 heterocycles. The Morgan fingerprint density at radius 2 is 1.97 bits per heavy atom. The van der Waals surface area contributed by atoms with Gasteiger partial charge in [0.1, 0.15) is 10.6 Å². The van der Waals surface area contributed by atoms with Crippen LogP contribution in [0.25, 0.3) is 21.6 Å². The molecule has 3 aromatic rings. The summed E-state index contributed by atoms with van der Waals surface area (Å²) < 4.78 is 0. The summed E-state index contributed by atoms with van der Waals surface area (Å²) in [6, 6.07) is 3.84. The fourth-order valence-corrected chi connectivity index (χ4v) is 4.59. The van der Waals surface area contributed by atoms with Gasteiger partial charge in [0.05, 0.1) is 11.9 Å².